The van der Waals surface area contributed by atoms with Gasteiger partial charge >= 0.3 is 0 Å². The zero-order valence-corrected chi connectivity index (χ0v) is 12.2. The van der Waals surface area contributed by atoms with Gasteiger partial charge in [0.25, 0.3) is 0 Å². The Hall–Kier alpha value is -2.53. The minimum atomic E-state index is -0.712. The molecule has 1 amide bonds. The predicted octanol–water partition coefficient (Wildman–Crippen LogP) is 3.32. The number of halogens is 1. The Labute approximate surface area is 132 Å². The highest BCUT2D eigenvalue weighted by Gasteiger charge is 2.33. The topological polar surface area (TPSA) is 70.9 Å². The molecule has 1 aliphatic rings. The smallest absolute Gasteiger partial charge is 0.243 e. The number of ether oxygens (including phenoxy) is 1. The highest BCUT2D eigenvalue weighted by molar-refractivity contribution is 6.33. The maximum atomic E-state index is 12.5. The number of nitrogens with one attached hydrogen (secondary N) is 1. The van der Waals surface area contributed by atoms with E-state index in [1.807, 2.05) is 18.2 Å². The van der Waals surface area contributed by atoms with Gasteiger partial charge in [0.2, 0.25) is 11.8 Å². The van der Waals surface area contributed by atoms with Crippen LogP contribution < -0.4 is 10.1 Å². The molecule has 112 valence electrons. The number of rotatable bonds is 2. The third-order valence-corrected chi connectivity index (χ3v) is 3.79. The number of amides is 1. The Balaban J connectivity index is 1.84. The summed E-state index contributed by atoms with van der Waals surface area (Å²) in [6, 6.07) is 14.3. The average Bonchev–Trinajstić information content (AvgIpc) is 2.55. The number of para-hydroxylation sites is 2. The SMILES string of the molecule is O=C(Nc1ccccc1Cl)[C@H]1Cc2ccccc2O/C1=N/O. The highest BCUT2D eigenvalue weighted by Crippen LogP contribution is 2.29. The summed E-state index contributed by atoms with van der Waals surface area (Å²) in [7, 11) is 0. The van der Waals surface area contributed by atoms with E-state index in [4.69, 9.17) is 21.5 Å². The van der Waals surface area contributed by atoms with Crippen LogP contribution in [-0.2, 0) is 11.2 Å². The second-order valence-corrected chi connectivity index (χ2v) is 5.28. The first kappa shape index (κ1) is 14.4. The summed E-state index contributed by atoms with van der Waals surface area (Å²) in [5.41, 5.74) is 1.39. The van der Waals surface area contributed by atoms with Crippen LogP contribution in [-0.4, -0.2) is 17.0 Å². The van der Waals surface area contributed by atoms with Gasteiger partial charge in [0.15, 0.2) is 0 Å². The summed E-state index contributed by atoms with van der Waals surface area (Å²) in [4.78, 5) is 12.5. The Kier molecular flexibility index (Phi) is 3.98. The van der Waals surface area contributed by atoms with Gasteiger partial charge in [0.05, 0.1) is 10.7 Å². The molecule has 0 spiro atoms. The van der Waals surface area contributed by atoms with Crippen LogP contribution in [0.25, 0.3) is 0 Å². The molecule has 0 radical (unpaired) electrons. The number of carbonyl (C=O) groups is 1. The van der Waals surface area contributed by atoms with Gasteiger partial charge in [0.1, 0.15) is 11.7 Å². The van der Waals surface area contributed by atoms with Crippen molar-refractivity contribution < 1.29 is 14.7 Å². The summed E-state index contributed by atoms with van der Waals surface area (Å²) in [5, 5.41) is 15.4. The number of carbonyl (C=O) groups excluding carboxylic acids is 1. The van der Waals surface area contributed by atoms with Crippen LogP contribution in [0, 0.1) is 5.92 Å². The van der Waals surface area contributed by atoms with Gasteiger partial charge in [-0.3, -0.25) is 4.79 Å². The molecule has 5 nitrogen and oxygen atoms in total. The highest BCUT2D eigenvalue weighted by atomic mass is 35.5. The number of oxime groups is 1. The van der Waals surface area contributed by atoms with Crippen molar-refractivity contribution in [2.45, 2.75) is 6.42 Å². The molecule has 1 heterocycles. The number of hydrogen-bond acceptors (Lipinski definition) is 4. The molecule has 0 saturated heterocycles. The van der Waals surface area contributed by atoms with Gasteiger partial charge in [-0.1, -0.05) is 47.1 Å². The fourth-order valence-corrected chi connectivity index (χ4v) is 2.52. The fraction of sp³-hybridized carbons (Fsp3) is 0.125. The van der Waals surface area contributed by atoms with Gasteiger partial charge in [-0.25, -0.2) is 0 Å². The maximum absolute atomic E-state index is 12.5. The second-order valence-electron chi connectivity index (χ2n) is 4.87. The second kappa shape index (κ2) is 6.07. The van der Waals surface area contributed by atoms with Crippen molar-refractivity contribution in [1.82, 2.24) is 0 Å². The first-order chi connectivity index (χ1) is 10.7. The van der Waals surface area contributed by atoms with E-state index in [-0.39, 0.29) is 11.8 Å². The molecular weight excluding hydrogens is 304 g/mol. The third-order valence-electron chi connectivity index (χ3n) is 3.46. The van der Waals surface area contributed by atoms with Crippen molar-refractivity contribution in [3.8, 4) is 5.75 Å². The molecule has 0 saturated carbocycles. The lowest BCUT2D eigenvalue weighted by Gasteiger charge is -2.24. The molecule has 2 aromatic rings. The first-order valence-electron chi connectivity index (χ1n) is 6.72. The molecule has 0 bridgehead atoms. The van der Waals surface area contributed by atoms with Gasteiger partial charge in [-0.2, -0.15) is 0 Å². The normalized spacial score (nSPS) is 18.4. The van der Waals surface area contributed by atoms with E-state index in [1.165, 1.54) is 0 Å². The average molecular weight is 317 g/mol. The Morgan fingerprint density at radius 3 is 2.73 bits per heavy atom. The van der Waals surface area contributed by atoms with Crippen LogP contribution in [0.5, 0.6) is 5.75 Å². The van der Waals surface area contributed by atoms with Crippen LogP contribution in [0.2, 0.25) is 5.02 Å². The van der Waals surface area contributed by atoms with Crippen LogP contribution in [0.4, 0.5) is 5.69 Å². The zero-order valence-electron chi connectivity index (χ0n) is 11.5. The van der Waals surface area contributed by atoms with E-state index in [0.29, 0.717) is 22.9 Å². The lowest BCUT2D eigenvalue weighted by Crippen LogP contribution is -2.37. The van der Waals surface area contributed by atoms with Crippen LogP contribution in [0.1, 0.15) is 5.56 Å². The van der Waals surface area contributed by atoms with Crippen LogP contribution in [0.15, 0.2) is 53.7 Å². The Bertz CT molecular complexity index is 746. The summed E-state index contributed by atoms with van der Waals surface area (Å²) in [6.07, 6.45) is 0.395. The quantitative estimate of drug-likeness (QED) is 0.659. The maximum Gasteiger partial charge on any atom is 0.243 e. The van der Waals surface area contributed by atoms with Crippen molar-refractivity contribution >= 4 is 29.1 Å². The van der Waals surface area contributed by atoms with Crippen LogP contribution >= 0.6 is 11.6 Å². The molecule has 22 heavy (non-hydrogen) atoms. The van der Waals surface area contributed by atoms with Gasteiger partial charge in [-0.15, -0.1) is 0 Å². The molecule has 1 atom stereocenters. The van der Waals surface area contributed by atoms with Crippen molar-refractivity contribution in [2.75, 3.05) is 5.32 Å². The molecule has 2 aromatic carbocycles. The van der Waals surface area contributed by atoms with Crippen LogP contribution in [0.3, 0.4) is 0 Å². The van der Waals surface area contributed by atoms with Crippen molar-refractivity contribution in [1.29, 1.82) is 0 Å². The van der Waals surface area contributed by atoms with Gasteiger partial charge in [-0.05, 0) is 30.2 Å². The summed E-state index contributed by atoms with van der Waals surface area (Å²) >= 11 is 6.03. The van der Waals surface area contributed by atoms with E-state index >= 15 is 0 Å². The summed E-state index contributed by atoms with van der Waals surface area (Å²) in [6.45, 7) is 0. The minimum absolute atomic E-state index is 0.0248. The van der Waals surface area contributed by atoms with E-state index in [0.717, 1.165) is 5.56 Å². The van der Waals surface area contributed by atoms with Crippen molar-refractivity contribution in [3.05, 3.63) is 59.1 Å². The minimum Gasteiger partial charge on any atom is -0.439 e. The number of fused-ring (bicyclic) bond motifs is 1. The molecule has 3 rings (SSSR count). The summed E-state index contributed by atoms with van der Waals surface area (Å²) in [5.74, 6) is -0.480. The number of nitrogens with zero attached hydrogens (tertiary/aromatic N) is 1. The van der Waals surface area contributed by atoms with Crippen molar-refractivity contribution in [3.63, 3.8) is 0 Å². The van der Waals surface area contributed by atoms with E-state index in [1.54, 1.807) is 30.3 Å². The third kappa shape index (κ3) is 2.76. The number of anilines is 1. The molecule has 0 aliphatic carbocycles. The van der Waals surface area contributed by atoms with E-state index in [9.17, 15) is 4.79 Å². The molecule has 2 N–H and O–H groups in total. The van der Waals surface area contributed by atoms with Crippen molar-refractivity contribution in [2.24, 2.45) is 11.1 Å². The molecule has 6 heteroatoms. The molecule has 1 aliphatic heterocycles. The zero-order chi connectivity index (χ0) is 15.5. The largest absolute Gasteiger partial charge is 0.439 e. The fourth-order valence-electron chi connectivity index (χ4n) is 2.34. The number of benzene rings is 2. The molecular formula is C16H13ClN2O3. The lowest BCUT2D eigenvalue weighted by molar-refractivity contribution is -0.118. The standard InChI is InChI=1S/C16H13ClN2O3/c17-12-6-2-3-7-13(12)18-15(20)11-9-10-5-1-4-8-14(10)22-16(11)19-21/h1-8,11,21H,9H2,(H,18,20)/b19-16+/t11-/m1/s1. The lowest BCUT2D eigenvalue weighted by atomic mass is 9.95. The Morgan fingerprint density at radius 2 is 1.95 bits per heavy atom. The van der Waals surface area contributed by atoms with Gasteiger partial charge < -0.3 is 15.3 Å². The Morgan fingerprint density at radius 1 is 1.23 bits per heavy atom. The van der Waals surface area contributed by atoms with E-state index < -0.39 is 5.92 Å². The monoisotopic (exact) mass is 316 g/mol. The molecule has 0 fully saturated rings. The first-order valence-corrected chi connectivity index (χ1v) is 7.10. The van der Waals surface area contributed by atoms with E-state index in [2.05, 4.69) is 10.5 Å². The summed E-state index contributed by atoms with van der Waals surface area (Å²) < 4.78 is 5.49. The number of hydrogen-bond donors (Lipinski definition) is 2. The molecule has 0 unspecified atom stereocenters. The van der Waals surface area contributed by atoms with Gasteiger partial charge in [0, 0.05) is 0 Å². The predicted molar refractivity (Wildman–Crippen MR) is 83.6 cm³/mol. The molecule has 0 aromatic heterocycles.